The van der Waals surface area contributed by atoms with Crippen molar-refractivity contribution < 1.29 is 29.0 Å². The number of Topliss-reactive ketones (excluding diaryl/α,β-unsaturated/α-hetero) is 1. The van der Waals surface area contributed by atoms with E-state index in [9.17, 15) is 19.5 Å². The number of ether oxygens (including phenoxy) is 2. The van der Waals surface area contributed by atoms with Gasteiger partial charge >= 0.3 is 0 Å². The van der Waals surface area contributed by atoms with Gasteiger partial charge in [-0.15, -0.1) is 0 Å². The minimum Gasteiger partial charge on any atom is -0.494 e. The molecule has 3 aromatic rings. The number of ketones is 2. The summed E-state index contributed by atoms with van der Waals surface area (Å²) >= 11 is 0. The van der Waals surface area contributed by atoms with Crippen molar-refractivity contribution >= 4 is 28.4 Å². The first-order valence-corrected chi connectivity index (χ1v) is 8.22. The van der Waals surface area contributed by atoms with Crippen LogP contribution in [0.1, 0.15) is 44.9 Å². The smallest absolute Gasteiger partial charge is 0.231 e. The molecule has 1 N–H and O–H groups in total. The van der Waals surface area contributed by atoms with E-state index in [1.165, 1.54) is 26.0 Å². The highest BCUT2D eigenvalue weighted by Crippen LogP contribution is 2.37. The molecule has 0 radical (unpaired) electrons. The molecular weight excluding hydrogens is 350 g/mol. The summed E-state index contributed by atoms with van der Waals surface area (Å²) in [6.45, 7) is 2.76. The quantitative estimate of drug-likeness (QED) is 0.717. The predicted octanol–water partition coefficient (Wildman–Crippen LogP) is 3.17. The van der Waals surface area contributed by atoms with Gasteiger partial charge in [-0.3, -0.25) is 19.0 Å². The molecule has 0 atom stereocenters. The van der Waals surface area contributed by atoms with Crippen molar-refractivity contribution in [3.8, 4) is 17.4 Å². The number of rotatable bonds is 3. The van der Waals surface area contributed by atoms with Gasteiger partial charge < -0.3 is 14.6 Å². The van der Waals surface area contributed by atoms with Crippen LogP contribution < -0.4 is 9.47 Å². The van der Waals surface area contributed by atoms with Gasteiger partial charge in [0, 0.05) is 23.4 Å². The summed E-state index contributed by atoms with van der Waals surface area (Å²) in [5.41, 5.74) is 0.963. The van der Waals surface area contributed by atoms with Crippen molar-refractivity contribution in [2.24, 2.45) is 0 Å². The summed E-state index contributed by atoms with van der Waals surface area (Å²) in [5, 5.41) is 10.9. The largest absolute Gasteiger partial charge is 0.494 e. The van der Waals surface area contributed by atoms with E-state index in [1.54, 1.807) is 24.3 Å². The van der Waals surface area contributed by atoms with E-state index in [4.69, 9.17) is 9.47 Å². The summed E-state index contributed by atoms with van der Waals surface area (Å²) in [4.78, 5) is 36.9. The Bertz CT molecular complexity index is 1140. The van der Waals surface area contributed by atoms with Crippen LogP contribution in [-0.4, -0.2) is 33.9 Å². The van der Waals surface area contributed by atoms with Crippen molar-refractivity contribution in [3.05, 3.63) is 53.1 Å². The fourth-order valence-corrected chi connectivity index (χ4v) is 3.22. The molecule has 0 saturated carbocycles. The Balaban J connectivity index is 1.95. The highest BCUT2D eigenvalue weighted by Gasteiger charge is 2.27. The maximum atomic E-state index is 13.1. The van der Waals surface area contributed by atoms with E-state index in [1.807, 2.05) is 0 Å². The van der Waals surface area contributed by atoms with E-state index in [0.717, 1.165) is 4.57 Å². The Morgan fingerprint density at radius 2 is 1.67 bits per heavy atom. The van der Waals surface area contributed by atoms with Crippen LogP contribution in [0.3, 0.4) is 0 Å². The van der Waals surface area contributed by atoms with E-state index in [2.05, 4.69) is 0 Å². The average Bonchev–Trinajstić information content (AvgIpc) is 3.20. The van der Waals surface area contributed by atoms with Gasteiger partial charge in [0.05, 0.1) is 11.1 Å². The Labute approximate surface area is 153 Å². The number of nitrogens with zero attached hydrogens (tertiary/aromatic N) is 1. The third kappa shape index (κ3) is 2.55. The van der Waals surface area contributed by atoms with Crippen molar-refractivity contribution in [1.29, 1.82) is 0 Å². The van der Waals surface area contributed by atoms with Gasteiger partial charge in [0.1, 0.15) is 0 Å². The van der Waals surface area contributed by atoms with Crippen LogP contribution in [0.25, 0.3) is 10.9 Å². The second-order valence-corrected chi connectivity index (χ2v) is 6.24. The zero-order valence-corrected chi connectivity index (χ0v) is 14.6. The topological polar surface area (TPSA) is 94.8 Å². The van der Waals surface area contributed by atoms with Crippen LogP contribution in [-0.2, 0) is 0 Å². The minimum atomic E-state index is -0.489. The number of hydrogen-bond donors (Lipinski definition) is 1. The maximum Gasteiger partial charge on any atom is 0.231 e. The zero-order chi connectivity index (χ0) is 19.3. The molecule has 4 rings (SSSR count). The third-order valence-corrected chi connectivity index (χ3v) is 4.53. The molecule has 2 heterocycles. The molecule has 1 aliphatic rings. The van der Waals surface area contributed by atoms with Crippen LogP contribution in [0.4, 0.5) is 0 Å². The third-order valence-electron chi connectivity index (χ3n) is 4.53. The lowest BCUT2D eigenvalue weighted by Gasteiger charge is -2.04. The Morgan fingerprint density at radius 3 is 2.37 bits per heavy atom. The molecule has 7 nitrogen and oxygen atoms in total. The summed E-state index contributed by atoms with van der Waals surface area (Å²) in [6, 6.07) is 9.30. The molecule has 1 aliphatic heterocycles. The van der Waals surface area contributed by atoms with E-state index in [0.29, 0.717) is 28.0 Å². The van der Waals surface area contributed by atoms with Crippen molar-refractivity contribution in [3.63, 3.8) is 0 Å². The molecule has 0 spiro atoms. The standard InChI is InChI=1S/C20H15NO6/c1-10(22)12-3-5-15-14(7-12)18(20(25)21(15)11(2)23)19(24)13-4-6-16-17(8-13)27-9-26-16/h3-8,25H,9H2,1-2H3. The van der Waals surface area contributed by atoms with Crippen LogP contribution >= 0.6 is 0 Å². The second-order valence-electron chi connectivity index (χ2n) is 6.24. The van der Waals surface area contributed by atoms with E-state index >= 15 is 0 Å². The van der Waals surface area contributed by atoms with Gasteiger partial charge in [-0.25, -0.2) is 0 Å². The SMILES string of the molecule is CC(=O)c1ccc2c(c1)c(C(=O)c1ccc3c(c1)OCO3)c(O)n2C(C)=O. The number of fused-ring (bicyclic) bond motifs is 2. The molecule has 0 aliphatic carbocycles. The van der Waals surface area contributed by atoms with Gasteiger partial charge in [0.15, 0.2) is 23.1 Å². The highest BCUT2D eigenvalue weighted by molar-refractivity contribution is 6.20. The van der Waals surface area contributed by atoms with Crippen LogP contribution in [0.5, 0.6) is 17.4 Å². The first kappa shape index (κ1) is 16.8. The molecule has 0 bridgehead atoms. The first-order chi connectivity index (χ1) is 12.9. The maximum absolute atomic E-state index is 13.1. The van der Waals surface area contributed by atoms with Crippen LogP contribution in [0, 0.1) is 0 Å². The molecule has 7 heteroatoms. The highest BCUT2D eigenvalue weighted by atomic mass is 16.7. The summed E-state index contributed by atoms with van der Waals surface area (Å²) in [6.07, 6.45) is 0. The minimum absolute atomic E-state index is 0.0397. The summed E-state index contributed by atoms with van der Waals surface area (Å²) < 4.78 is 11.6. The van der Waals surface area contributed by atoms with E-state index in [-0.39, 0.29) is 23.7 Å². The number of hydrogen-bond acceptors (Lipinski definition) is 6. The van der Waals surface area contributed by atoms with Gasteiger partial charge in [0.25, 0.3) is 0 Å². The van der Waals surface area contributed by atoms with Crippen molar-refractivity contribution in [1.82, 2.24) is 4.57 Å². The Kier molecular flexibility index (Phi) is 3.73. The molecule has 0 unspecified atom stereocenters. The monoisotopic (exact) mass is 365 g/mol. The van der Waals surface area contributed by atoms with Gasteiger partial charge in [-0.1, -0.05) is 0 Å². The second kappa shape index (κ2) is 5.98. The summed E-state index contributed by atoms with van der Waals surface area (Å²) in [5.74, 6) is -0.621. The average molecular weight is 365 g/mol. The first-order valence-electron chi connectivity index (χ1n) is 8.22. The van der Waals surface area contributed by atoms with Crippen molar-refractivity contribution in [2.75, 3.05) is 6.79 Å². The van der Waals surface area contributed by atoms with Crippen LogP contribution in [0.15, 0.2) is 36.4 Å². The molecule has 2 aromatic carbocycles. The van der Waals surface area contributed by atoms with Gasteiger partial charge in [0.2, 0.25) is 18.6 Å². The Morgan fingerprint density at radius 1 is 0.963 bits per heavy atom. The fourth-order valence-electron chi connectivity index (χ4n) is 3.22. The van der Waals surface area contributed by atoms with Gasteiger partial charge in [-0.05, 0) is 43.3 Å². The van der Waals surface area contributed by atoms with Crippen LogP contribution in [0.2, 0.25) is 0 Å². The molecule has 136 valence electrons. The lowest BCUT2D eigenvalue weighted by Crippen LogP contribution is -2.06. The molecular formula is C20H15NO6. The normalized spacial score (nSPS) is 12.4. The number of benzene rings is 2. The molecule has 27 heavy (non-hydrogen) atoms. The predicted molar refractivity (Wildman–Crippen MR) is 95.9 cm³/mol. The molecule has 1 aromatic heterocycles. The lowest BCUT2D eigenvalue weighted by atomic mass is 10.00. The van der Waals surface area contributed by atoms with Crippen molar-refractivity contribution in [2.45, 2.75) is 13.8 Å². The number of aromatic hydroxyl groups is 1. The fraction of sp³-hybridized carbons (Fsp3) is 0.150. The lowest BCUT2D eigenvalue weighted by molar-refractivity contribution is 0.0932. The van der Waals surface area contributed by atoms with Gasteiger partial charge in [-0.2, -0.15) is 0 Å². The summed E-state index contributed by atoms with van der Waals surface area (Å²) in [7, 11) is 0. The number of carbonyl (C=O) groups excluding carboxylic acids is 3. The number of aromatic nitrogens is 1. The molecule has 0 saturated heterocycles. The zero-order valence-electron chi connectivity index (χ0n) is 14.6. The molecule has 0 amide bonds. The number of carbonyl (C=O) groups is 3. The van der Waals surface area contributed by atoms with E-state index < -0.39 is 17.6 Å². The Hall–Kier alpha value is -3.61. The molecule has 0 fully saturated rings.